The maximum Gasteiger partial charge on any atom is 0.127 e. The maximum absolute atomic E-state index is 6.34. The molecule has 0 N–H and O–H groups in total. The Morgan fingerprint density at radius 1 is 1.29 bits per heavy atom. The van der Waals surface area contributed by atoms with E-state index in [1.807, 2.05) is 19.1 Å². The fourth-order valence-corrected chi connectivity index (χ4v) is 2.94. The number of imidazole rings is 1. The van der Waals surface area contributed by atoms with Crippen molar-refractivity contribution in [1.29, 1.82) is 0 Å². The van der Waals surface area contributed by atoms with Crippen molar-refractivity contribution in [3.05, 3.63) is 53.7 Å². The summed E-state index contributed by atoms with van der Waals surface area (Å²) in [6.07, 6.45) is 2.53. The summed E-state index contributed by atoms with van der Waals surface area (Å²) in [4.78, 5) is 4.72. The molecule has 0 bridgehead atoms. The number of alkyl halides is 1. The molecule has 3 aromatic rings. The van der Waals surface area contributed by atoms with Crippen molar-refractivity contribution in [1.82, 2.24) is 9.55 Å². The molecule has 110 valence electrons. The van der Waals surface area contributed by atoms with Crippen LogP contribution in [-0.2, 0) is 6.42 Å². The molecule has 2 unspecified atom stereocenters. The number of benzene rings is 1. The minimum absolute atomic E-state index is 0.128. The van der Waals surface area contributed by atoms with Crippen molar-refractivity contribution >= 4 is 22.6 Å². The minimum atomic E-state index is -0.128. The van der Waals surface area contributed by atoms with Gasteiger partial charge in [0.1, 0.15) is 11.6 Å². The topological polar surface area (TPSA) is 31.0 Å². The second kappa shape index (κ2) is 5.57. The molecule has 0 aliphatic rings. The lowest BCUT2D eigenvalue weighted by molar-refractivity contribution is 0.447. The highest BCUT2D eigenvalue weighted by atomic mass is 35.5. The van der Waals surface area contributed by atoms with E-state index in [2.05, 4.69) is 36.6 Å². The summed E-state index contributed by atoms with van der Waals surface area (Å²) in [6, 6.07) is 10.5. The van der Waals surface area contributed by atoms with E-state index in [0.29, 0.717) is 0 Å². The summed E-state index contributed by atoms with van der Waals surface area (Å²) in [7, 11) is 0. The summed E-state index contributed by atoms with van der Waals surface area (Å²) in [5.41, 5.74) is 3.34. The zero-order valence-corrected chi connectivity index (χ0v) is 13.3. The summed E-state index contributed by atoms with van der Waals surface area (Å²) in [5.74, 6) is 1.89. The average Bonchev–Trinajstić information content (AvgIpc) is 3.04. The van der Waals surface area contributed by atoms with Crippen LogP contribution in [0.1, 0.15) is 42.4 Å². The number of aromatic nitrogens is 2. The van der Waals surface area contributed by atoms with Gasteiger partial charge in [0.05, 0.1) is 22.7 Å². The van der Waals surface area contributed by atoms with Crippen LogP contribution in [0.2, 0.25) is 0 Å². The Morgan fingerprint density at radius 2 is 2.10 bits per heavy atom. The molecule has 0 spiro atoms. The van der Waals surface area contributed by atoms with Crippen molar-refractivity contribution < 1.29 is 4.42 Å². The first-order valence-corrected chi connectivity index (χ1v) is 7.65. The first kappa shape index (κ1) is 14.2. The quantitative estimate of drug-likeness (QED) is 0.632. The Hall–Kier alpha value is -1.74. The smallest absolute Gasteiger partial charge is 0.127 e. The van der Waals surface area contributed by atoms with Crippen LogP contribution < -0.4 is 0 Å². The van der Waals surface area contributed by atoms with Crippen molar-refractivity contribution in [2.75, 3.05) is 0 Å². The van der Waals surface area contributed by atoms with Crippen LogP contribution in [0.4, 0.5) is 0 Å². The third-order valence-electron chi connectivity index (χ3n) is 3.75. The van der Waals surface area contributed by atoms with E-state index in [1.165, 1.54) is 5.56 Å². The molecule has 1 aromatic carbocycles. The van der Waals surface area contributed by atoms with Gasteiger partial charge in [-0.05, 0) is 50.6 Å². The Kier molecular flexibility index (Phi) is 3.77. The van der Waals surface area contributed by atoms with Gasteiger partial charge in [-0.1, -0.05) is 6.07 Å². The van der Waals surface area contributed by atoms with Gasteiger partial charge in [0.15, 0.2) is 0 Å². The molecule has 2 atom stereocenters. The summed E-state index contributed by atoms with van der Waals surface area (Å²) in [6.45, 7) is 6.21. The average molecular weight is 303 g/mol. The summed E-state index contributed by atoms with van der Waals surface area (Å²) >= 11 is 6.34. The number of hydrogen-bond acceptors (Lipinski definition) is 2. The highest BCUT2D eigenvalue weighted by molar-refractivity contribution is 6.20. The number of halogens is 1. The number of aryl methyl sites for hydroxylation is 1. The van der Waals surface area contributed by atoms with Crippen LogP contribution in [0.5, 0.6) is 0 Å². The Labute approximate surface area is 129 Å². The van der Waals surface area contributed by atoms with Gasteiger partial charge in [0.2, 0.25) is 0 Å². The Morgan fingerprint density at radius 3 is 2.76 bits per heavy atom. The van der Waals surface area contributed by atoms with Gasteiger partial charge in [-0.2, -0.15) is 0 Å². The van der Waals surface area contributed by atoms with Gasteiger partial charge < -0.3 is 8.98 Å². The van der Waals surface area contributed by atoms with Crippen LogP contribution >= 0.6 is 11.6 Å². The van der Waals surface area contributed by atoms with E-state index < -0.39 is 0 Å². The maximum atomic E-state index is 6.34. The number of furan rings is 1. The van der Waals surface area contributed by atoms with E-state index in [0.717, 1.165) is 29.0 Å². The van der Waals surface area contributed by atoms with Gasteiger partial charge in [-0.15, -0.1) is 11.6 Å². The third kappa shape index (κ3) is 2.70. The van der Waals surface area contributed by atoms with Crippen LogP contribution in [-0.4, -0.2) is 9.55 Å². The van der Waals surface area contributed by atoms with Gasteiger partial charge >= 0.3 is 0 Å². The highest BCUT2D eigenvalue weighted by Gasteiger charge is 2.20. The fraction of sp³-hybridized carbons (Fsp3) is 0.353. The molecular weight excluding hydrogens is 284 g/mol. The molecule has 3 nitrogen and oxygen atoms in total. The molecule has 0 radical (unpaired) electrons. The minimum Gasteiger partial charge on any atom is -0.469 e. The molecule has 0 fully saturated rings. The van der Waals surface area contributed by atoms with Crippen LogP contribution in [0.25, 0.3) is 11.0 Å². The molecule has 0 aliphatic carbocycles. The van der Waals surface area contributed by atoms with Crippen LogP contribution in [0.3, 0.4) is 0 Å². The number of fused-ring (bicyclic) bond motifs is 1. The molecule has 21 heavy (non-hydrogen) atoms. The predicted octanol–water partition coefficient (Wildman–Crippen LogP) is 5.04. The molecule has 0 aliphatic heterocycles. The zero-order chi connectivity index (χ0) is 15.0. The van der Waals surface area contributed by atoms with E-state index >= 15 is 0 Å². The normalized spacial score (nSPS) is 14.5. The van der Waals surface area contributed by atoms with Crippen LogP contribution in [0, 0.1) is 6.92 Å². The summed E-state index contributed by atoms with van der Waals surface area (Å²) in [5, 5.41) is -0.128. The van der Waals surface area contributed by atoms with E-state index in [4.69, 9.17) is 21.0 Å². The second-order valence-corrected chi connectivity index (χ2v) is 6.24. The van der Waals surface area contributed by atoms with Gasteiger partial charge in [-0.25, -0.2) is 4.98 Å². The molecule has 2 heterocycles. The highest BCUT2D eigenvalue weighted by Crippen LogP contribution is 2.30. The van der Waals surface area contributed by atoms with Crippen LogP contribution in [0.15, 0.2) is 41.0 Å². The molecule has 0 saturated carbocycles. The van der Waals surface area contributed by atoms with Gasteiger partial charge in [0.25, 0.3) is 0 Å². The van der Waals surface area contributed by atoms with Gasteiger partial charge in [0, 0.05) is 12.5 Å². The predicted molar refractivity (Wildman–Crippen MR) is 85.9 cm³/mol. The molecule has 3 rings (SSSR count). The number of nitrogens with zero attached hydrogens (tertiary/aromatic N) is 2. The van der Waals surface area contributed by atoms with Crippen molar-refractivity contribution in [2.45, 2.75) is 38.6 Å². The van der Waals surface area contributed by atoms with E-state index in [-0.39, 0.29) is 11.4 Å². The Bertz CT molecular complexity index is 744. The SMILES string of the molecule is Cc1ccc2c(c1)nc(C(C)Cl)n2C(C)Cc1ccco1. The van der Waals surface area contributed by atoms with Crippen molar-refractivity contribution in [2.24, 2.45) is 0 Å². The molecular formula is C17H19ClN2O. The lowest BCUT2D eigenvalue weighted by Gasteiger charge is -2.17. The summed E-state index contributed by atoms with van der Waals surface area (Å²) < 4.78 is 7.70. The fourth-order valence-electron chi connectivity index (χ4n) is 2.78. The number of rotatable bonds is 4. The first-order valence-electron chi connectivity index (χ1n) is 7.21. The van der Waals surface area contributed by atoms with E-state index in [9.17, 15) is 0 Å². The first-order chi connectivity index (χ1) is 10.1. The molecule has 4 heteroatoms. The lowest BCUT2D eigenvalue weighted by atomic mass is 10.1. The number of hydrogen-bond donors (Lipinski definition) is 0. The third-order valence-corrected chi connectivity index (χ3v) is 3.94. The largest absolute Gasteiger partial charge is 0.469 e. The molecule has 2 aromatic heterocycles. The second-order valence-electron chi connectivity index (χ2n) is 5.58. The Balaban J connectivity index is 2.08. The molecule has 0 amide bonds. The lowest BCUT2D eigenvalue weighted by Crippen LogP contribution is -2.12. The van der Waals surface area contributed by atoms with E-state index in [1.54, 1.807) is 6.26 Å². The van der Waals surface area contributed by atoms with Crippen molar-refractivity contribution in [3.63, 3.8) is 0 Å². The zero-order valence-electron chi connectivity index (χ0n) is 12.5. The standard InChI is InChI=1S/C17H19ClN2O/c1-11-6-7-16-15(9-11)19-17(13(3)18)20(16)12(2)10-14-5-4-8-21-14/h4-9,12-13H,10H2,1-3H3. The monoisotopic (exact) mass is 302 g/mol. The molecule has 0 saturated heterocycles. The van der Waals surface area contributed by atoms with Crippen molar-refractivity contribution in [3.8, 4) is 0 Å². The van der Waals surface area contributed by atoms with Gasteiger partial charge in [-0.3, -0.25) is 0 Å².